The fourth-order valence-electron chi connectivity index (χ4n) is 4.20. The molecule has 0 bridgehead atoms. The van der Waals surface area contributed by atoms with Gasteiger partial charge in [-0.15, -0.1) is 0 Å². The monoisotopic (exact) mass is 440 g/mol. The highest BCUT2D eigenvalue weighted by atomic mass is 16.8. The van der Waals surface area contributed by atoms with Gasteiger partial charge in [0.1, 0.15) is 5.75 Å². The molecule has 2 aromatic rings. The number of Topliss-reactive ketones (excluding diaryl/α,β-unsaturated/α-hetero) is 1. The first-order chi connectivity index (χ1) is 15.3. The van der Waals surface area contributed by atoms with Crippen molar-refractivity contribution in [2.24, 2.45) is 0 Å². The van der Waals surface area contributed by atoms with Gasteiger partial charge in [0.15, 0.2) is 0 Å². The van der Waals surface area contributed by atoms with E-state index in [0.717, 1.165) is 5.56 Å². The quantitative estimate of drug-likeness (QED) is 0.612. The molecule has 0 amide bonds. The predicted molar refractivity (Wildman–Crippen MR) is 112 cm³/mol. The molecule has 0 fully saturated rings. The first-order valence-electron chi connectivity index (χ1n) is 10.5. The molecule has 0 radical (unpaired) electrons. The van der Waals surface area contributed by atoms with Crippen LogP contribution in [0.3, 0.4) is 0 Å². The van der Waals surface area contributed by atoms with Crippen molar-refractivity contribution in [2.45, 2.75) is 45.0 Å². The van der Waals surface area contributed by atoms with Crippen LogP contribution in [0.4, 0.5) is 9.59 Å². The van der Waals surface area contributed by atoms with Gasteiger partial charge in [-0.25, -0.2) is 9.59 Å². The van der Waals surface area contributed by atoms with Crippen LogP contribution < -0.4 is 4.74 Å². The largest absolute Gasteiger partial charge is 0.512 e. The Morgan fingerprint density at radius 2 is 1.59 bits per heavy atom. The molecular formula is C24H24O8. The van der Waals surface area contributed by atoms with Gasteiger partial charge >= 0.3 is 18.1 Å². The zero-order valence-electron chi connectivity index (χ0n) is 18.3. The van der Waals surface area contributed by atoms with Crippen LogP contribution in [0.1, 0.15) is 60.7 Å². The van der Waals surface area contributed by atoms with Gasteiger partial charge in [-0.3, -0.25) is 4.79 Å². The van der Waals surface area contributed by atoms with E-state index in [1.165, 1.54) is 0 Å². The van der Waals surface area contributed by atoms with Gasteiger partial charge in [-0.05, 0) is 31.4 Å². The van der Waals surface area contributed by atoms with Crippen LogP contribution in [0.5, 0.6) is 5.75 Å². The molecule has 0 spiro atoms. The maximum absolute atomic E-state index is 13.8. The van der Waals surface area contributed by atoms with Gasteiger partial charge in [0.05, 0.1) is 24.3 Å². The second-order valence-electron chi connectivity index (χ2n) is 7.75. The van der Waals surface area contributed by atoms with Crippen molar-refractivity contribution in [1.29, 1.82) is 0 Å². The molecule has 2 atom stereocenters. The Bertz CT molecular complexity index is 1090. The molecule has 168 valence electrons. The molecule has 0 saturated carbocycles. The van der Waals surface area contributed by atoms with Crippen molar-refractivity contribution >= 4 is 18.1 Å². The van der Waals surface area contributed by atoms with Crippen molar-refractivity contribution in [1.82, 2.24) is 0 Å². The molecule has 8 heteroatoms. The Balaban J connectivity index is 1.99. The minimum absolute atomic E-state index is 0.0296. The van der Waals surface area contributed by atoms with Crippen molar-refractivity contribution in [3.05, 3.63) is 64.7 Å². The molecule has 0 N–H and O–H groups in total. The van der Waals surface area contributed by atoms with E-state index in [0.29, 0.717) is 0 Å². The zero-order chi connectivity index (χ0) is 23.1. The summed E-state index contributed by atoms with van der Waals surface area (Å²) in [6.07, 6.45) is -2.15. The Hall–Kier alpha value is -3.55. The summed E-state index contributed by atoms with van der Waals surface area (Å²) < 4.78 is 27.6. The van der Waals surface area contributed by atoms with E-state index in [9.17, 15) is 14.4 Å². The molecule has 8 nitrogen and oxygen atoms in total. The summed E-state index contributed by atoms with van der Waals surface area (Å²) in [5, 5.41) is 0. The summed E-state index contributed by atoms with van der Waals surface area (Å²) in [7, 11) is 0. The highest BCUT2D eigenvalue weighted by molar-refractivity contribution is 6.10. The third-order valence-electron chi connectivity index (χ3n) is 5.60. The maximum Gasteiger partial charge on any atom is 0.512 e. The average Bonchev–Trinajstić information content (AvgIpc) is 3.13. The fourth-order valence-corrected chi connectivity index (χ4v) is 4.20. The van der Waals surface area contributed by atoms with Gasteiger partial charge in [-0.1, -0.05) is 50.2 Å². The van der Waals surface area contributed by atoms with Crippen molar-refractivity contribution in [2.75, 3.05) is 13.2 Å². The second kappa shape index (κ2) is 7.85. The molecule has 2 aromatic carbocycles. The van der Waals surface area contributed by atoms with Gasteiger partial charge in [0, 0.05) is 5.56 Å². The van der Waals surface area contributed by atoms with E-state index in [2.05, 4.69) is 0 Å². The molecule has 2 aliphatic rings. The van der Waals surface area contributed by atoms with Crippen LogP contribution >= 0.6 is 0 Å². The summed E-state index contributed by atoms with van der Waals surface area (Å²) in [4.78, 5) is 38.9. The van der Waals surface area contributed by atoms with Crippen molar-refractivity contribution in [3.63, 3.8) is 0 Å². The van der Waals surface area contributed by atoms with Crippen molar-refractivity contribution in [3.8, 4) is 5.75 Å². The molecule has 1 aliphatic heterocycles. The molecule has 0 saturated heterocycles. The summed E-state index contributed by atoms with van der Waals surface area (Å²) in [5.41, 5.74) is -0.465. The third-order valence-corrected chi connectivity index (χ3v) is 5.60. The molecule has 1 aliphatic carbocycles. The van der Waals surface area contributed by atoms with Crippen LogP contribution in [0.25, 0.3) is 0 Å². The number of rotatable bonds is 5. The number of benzene rings is 2. The Kier molecular flexibility index (Phi) is 5.32. The SMILES string of the molecule is CCOC(=O)OC12Oc3cc(C(C)C)ccc3C1(OC(=O)OCC)C(=O)c1ccccc12. The van der Waals surface area contributed by atoms with Crippen LogP contribution in [0.15, 0.2) is 42.5 Å². The highest BCUT2D eigenvalue weighted by Gasteiger charge is 2.77. The summed E-state index contributed by atoms with van der Waals surface area (Å²) in [6, 6.07) is 11.7. The number of fused-ring (bicyclic) bond motifs is 5. The Morgan fingerprint density at radius 1 is 0.938 bits per heavy atom. The topological polar surface area (TPSA) is 97.4 Å². The number of carbonyl (C=O) groups is 3. The average molecular weight is 440 g/mol. The lowest BCUT2D eigenvalue weighted by molar-refractivity contribution is -0.236. The minimum atomic E-state index is -2.12. The molecule has 1 heterocycles. The minimum Gasteiger partial charge on any atom is -0.444 e. The Labute approximate surface area is 185 Å². The fraction of sp³-hybridized carbons (Fsp3) is 0.375. The number of ketones is 1. The molecular weight excluding hydrogens is 416 g/mol. The normalized spacial score (nSPS) is 22.5. The first-order valence-corrected chi connectivity index (χ1v) is 10.5. The summed E-state index contributed by atoms with van der Waals surface area (Å²) in [5.74, 6) is -2.25. The number of ether oxygens (including phenoxy) is 5. The lowest BCUT2D eigenvalue weighted by Gasteiger charge is -2.35. The van der Waals surface area contributed by atoms with E-state index in [1.54, 1.807) is 50.2 Å². The smallest absolute Gasteiger partial charge is 0.444 e. The lowest BCUT2D eigenvalue weighted by Crippen LogP contribution is -2.54. The summed E-state index contributed by atoms with van der Waals surface area (Å²) in [6.45, 7) is 7.32. The molecule has 4 rings (SSSR count). The maximum atomic E-state index is 13.8. The van der Waals surface area contributed by atoms with E-state index in [-0.39, 0.29) is 41.6 Å². The van der Waals surface area contributed by atoms with Gasteiger partial charge in [0.2, 0.25) is 5.78 Å². The Morgan fingerprint density at radius 3 is 2.25 bits per heavy atom. The van der Waals surface area contributed by atoms with E-state index >= 15 is 0 Å². The molecule has 0 aromatic heterocycles. The van der Waals surface area contributed by atoms with Gasteiger partial charge in [-0.2, -0.15) is 0 Å². The van der Waals surface area contributed by atoms with Gasteiger partial charge < -0.3 is 23.7 Å². The van der Waals surface area contributed by atoms with Gasteiger partial charge in [0.25, 0.3) is 5.60 Å². The van der Waals surface area contributed by atoms with E-state index in [1.807, 2.05) is 19.9 Å². The van der Waals surface area contributed by atoms with E-state index < -0.39 is 29.5 Å². The van der Waals surface area contributed by atoms with Crippen LogP contribution in [0, 0.1) is 0 Å². The summed E-state index contributed by atoms with van der Waals surface area (Å²) >= 11 is 0. The molecule has 2 unspecified atom stereocenters. The van der Waals surface area contributed by atoms with E-state index in [4.69, 9.17) is 23.7 Å². The highest BCUT2D eigenvalue weighted by Crippen LogP contribution is 2.62. The van der Waals surface area contributed by atoms with Crippen LogP contribution in [0.2, 0.25) is 0 Å². The number of hydrogen-bond acceptors (Lipinski definition) is 8. The zero-order valence-corrected chi connectivity index (χ0v) is 18.3. The number of carbonyl (C=O) groups excluding carboxylic acids is 3. The number of hydrogen-bond donors (Lipinski definition) is 0. The third kappa shape index (κ3) is 2.93. The van der Waals surface area contributed by atoms with Crippen LogP contribution in [-0.2, 0) is 30.3 Å². The molecule has 32 heavy (non-hydrogen) atoms. The first kappa shape index (κ1) is 21.7. The van der Waals surface area contributed by atoms with Crippen molar-refractivity contribution < 1.29 is 38.1 Å². The second-order valence-corrected chi connectivity index (χ2v) is 7.75. The standard InChI is InChI=1S/C24H24O8/c1-5-28-21(26)31-23-18-12-11-15(14(3)4)13-19(18)30-24(23,32-22(27)29-6-2)17-10-8-7-9-16(17)20(23)25/h7-14H,5-6H2,1-4H3. The van der Waals surface area contributed by atoms with Crippen LogP contribution in [-0.4, -0.2) is 31.3 Å². The predicted octanol–water partition coefficient (Wildman–Crippen LogP) is 4.79. The lowest BCUT2D eigenvalue weighted by atomic mass is 9.85.